The average molecular weight is 296 g/mol. The molecule has 0 aliphatic heterocycles. The van der Waals surface area contributed by atoms with Crippen molar-refractivity contribution >= 4 is 17.6 Å². The molecule has 1 atom stereocenters. The molecule has 0 aliphatic carbocycles. The Kier molecular flexibility index (Phi) is 5.65. The highest BCUT2D eigenvalue weighted by Crippen LogP contribution is 2.24. The van der Waals surface area contributed by atoms with Gasteiger partial charge in [-0.3, -0.25) is 19.7 Å². The second-order valence-electron chi connectivity index (χ2n) is 4.45. The summed E-state index contributed by atoms with van der Waals surface area (Å²) in [5.41, 5.74) is -0.0207. The van der Waals surface area contributed by atoms with Crippen molar-refractivity contribution in [3.63, 3.8) is 0 Å². The van der Waals surface area contributed by atoms with Crippen molar-refractivity contribution in [1.82, 2.24) is 5.32 Å². The topological polar surface area (TPSA) is 119 Å². The highest BCUT2D eigenvalue weighted by Gasteiger charge is 2.18. The summed E-state index contributed by atoms with van der Waals surface area (Å²) < 4.78 is 4.98. The fourth-order valence-corrected chi connectivity index (χ4v) is 1.69. The van der Waals surface area contributed by atoms with E-state index in [2.05, 4.69) is 5.32 Å². The van der Waals surface area contributed by atoms with E-state index >= 15 is 0 Å². The third kappa shape index (κ3) is 4.75. The molecule has 114 valence electrons. The van der Waals surface area contributed by atoms with Crippen LogP contribution >= 0.6 is 0 Å². The number of non-ortho nitro benzene ring substituents is 1. The normalized spacial score (nSPS) is 11.5. The standard InChI is InChI=1S/C13H16N2O6/c1-8(3-6-12(16)17)14-13(18)10-5-4-9(15(19)20)7-11(10)21-2/h4-5,7-8H,3,6H2,1-2H3,(H,14,18)(H,16,17). The second-order valence-corrected chi connectivity index (χ2v) is 4.45. The maximum atomic E-state index is 12.1. The largest absolute Gasteiger partial charge is 0.496 e. The maximum absolute atomic E-state index is 12.1. The van der Waals surface area contributed by atoms with Crippen LogP contribution in [-0.2, 0) is 4.79 Å². The molecule has 0 saturated carbocycles. The van der Waals surface area contributed by atoms with Crippen molar-refractivity contribution in [2.24, 2.45) is 0 Å². The summed E-state index contributed by atoms with van der Waals surface area (Å²) in [5.74, 6) is -1.32. The molecule has 1 aromatic rings. The molecular formula is C13H16N2O6. The predicted octanol–water partition coefficient (Wildman–Crippen LogP) is 1.59. The Morgan fingerprint density at radius 2 is 2.14 bits per heavy atom. The Bertz CT molecular complexity index is 558. The maximum Gasteiger partial charge on any atom is 0.303 e. The number of hydrogen-bond donors (Lipinski definition) is 2. The van der Waals surface area contributed by atoms with E-state index in [0.29, 0.717) is 0 Å². The van der Waals surface area contributed by atoms with E-state index in [1.807, 2.05) is 0 Å². The second kappa shape index (κ2) is 7.22. The number of carbonyl (C=O) groups excluding carboxylic acids is 1. The van der Waals surface area contributed by atoms with Gasteiger partial charge >= 0.3 is 5.97 Å². The van der Waals surface area contributed by atoms with Gasteiger partial charge in [0.1, 0.15) is 5.75 Å². The minimum atomic E-state index is -0.941. The van der Waals surface area contributed by atoms with Crippen LogP contribution in [0.1, 0.15) is 30.1 Å². The van der Waals surface area contributed by atoms with Gasteiger partial charge in [0.15, 0.2) is 0 Å². The molecule has 0 bridgehead atoms. The number of carboxylic acids is 1. The van der Waals surface area contributed by atoms with Gasteiger partial charge in [-0.1, -0.05) is 0 Å². The Morgan fingerprint density at radius 3 is 2.67 bits per heavy atom. The van der Waals surface area contributed by atoms with Gasteiger partial charge in [0.2, 0.25) is 0 Å². The van der Waals surface area contributed by atoms with Gasteiger partial charge in [-0.2, -0.15) is 0 Å². The first-order valence-electron chi connectivity index (χ1n) is 6.20. The Morgan fingerprint density at radius 1 is 1.48 bits per heavy atom. The predicted molar refractivity (Wildman–Crippen MR) is 73.4 cm³/mol. The van der Waals surface area contributed by atoms with Gasteiger partial charge in [0, 0.05) is 18.5 Å². The first kappa shape index (κ1) is 16.4. The number of aliphatic carboxylic acids is 1. The number of nitro benzene ring substituents is 1. The molecule has 0 radical (unpaired) electrons. The quantitative estimate of drug-likeness (QED) is 0.582. The first-order valence-corrected chi connectivity index (χ1v) is 6.20. The van der Waals surface area contributed by atoms with Crippen molar-refractivity contribution in [1.29, 1.82) is 0 Å². The van der Waals surface area contributed by atoms with E-state index in [-0.39, 0.29) is 35.9 Å². The number of nitro groups is 1. The molecule has 1 rings (SSSR count). The lowest BCUT2D eigenvalue weighted by Gasteiger charge is -2.14. The summed E-state index contributed by atoms with van der Waals surface area (Å²) in [6.45, 7) is 1.68. The molecule has 1 amide bonds. The summed E-state index contributed by atoms with van der Waals surface area (Å²) in [4.78, 5) is 32.6. The Labute approximate surface area is 120 Å². The minimum Gasteiger partial charge on any atom is -0.496 e. The number of nitrogens with zero attached hydrogens (tertiary/aromatic N) is 1. The number of benzene rings is 1. The van der Waals surface area contributed by atoms with Gasteiger partial charge in [-0.25, -0.2) is 0 Å². The molecule has 0 saturated heterocycles. The van der Waals surface area contributed by atoms with E-state index in [0.717, 1.165) is 6.07 Å². The number of methoxy groups -OCH3 is 1. The van der Waals surface area contributed by atoms with Gasteiger partial charge in [-0.05, 0) is 19.4 Å². The number of carbonyl (C=O) groups is 2. The highest BCUT2D eigenvalue weighted by atomic mass is 16.6. The van der Waals surface area contributed by atoms with Crippen LogP contribution in [0.5, 0.6) is 5.75 Å². The van der Waals surface area contributed by atoms with Crippen molar-refractivity contribution in [3.8, 4) is 5.75 Å². The van der Waals surface area contributed by atoms with E-state index in [1.54, 1.807) is 6.92 Å². The van der Waals surface area contributed by atoms with E-state index in [4.69, 9.17) is 9.84 Å². The molecule has 0 aromatic heterocycles. The van der Waals surface area contributed by atoms with Gasteiger partial charge in [-0.15, -0.1) is 0 Å². The number of carboxylic acid groups (broad SMARTS) is 1. The number of hydrogen-bond acceptors (Lipinski definition) is 5. The van der Waals surface area contributed by atoms with Crippen LogP contribution < -0.4 is 10.1 Å². The number of rotatable bonds is 7. The Balaban J connectivity index is 2.82. The summed E-state index contributed by atoms with van der Waals surface area (Å²) in [6, 6.07) is 3.33. The van der Waals surface area contributed by atoms with Crippen LogP contribution in [0.2, 0.25) is 0 Å². The molecular weight excluding hydrogens is 280 g/mol. The highest BCUT2D eigenvalue weighted by molar-refractivity contribution is 5.97. The molecule has 0 spiro atoms. The van der Waals surface area contributed by atoms with E-state index < -0.39 is 16.8 Å². The first-order chi connectivity index (χ1) is 9.85. The molecule has 1 aromatic carbocycles. The zero-order valence-electron chi connectivity index (χ0n) is 11.7. The molecule has 2 N–H and O–H groups in total. The molecule has 8 nitrogen and oxygen atoms in total. The minimum absolute atomic E-state index is 0.0567. The van der Waals surface area contributed by atoms with Gasteiger partial charge in [0.05, 0.1) is 23.7 Å². The molecule has 8 heteroatoms. The summed E-state index contributed by atoms with van der Waals surface area (Å²) in [5, 5.41) is 21.9. The van der Waals surface area contributed by atoms with Crippen LogP contribution in [0, 0.1) is 10.1 Å². The summed E-state index contributed by atoms with van der Waals surface area (Å²) >= 11 is 0. The summed E-state index contributed by atoms with van der Waals surface area (Å²) in [7, 11) is 1.31. The van der Waals surface area contributed by atoms with Gasteiger partial charge in [0.25, 0.3) is 11.6 Å². The molecule has 0 aliphatic rings. The molecule has 21 heavy (non-hydrogen) atoms. The zero-order chi connectivity index (χ0) is 16.0. The van der Waals surface area contributed by atoms with Crippen LogP contribution in [0.25, 0.3) is 0 Å². The van der Waals surface area contributed by atoms with Gasteiger partial charge < -0.3 is 15.2 Å². The van der Waals surface area contributed by atoms with Crippen molar-refractivity contribution in [3.05, 3.63) is 33.9 Å². The Hall–Kier alpha value is -2.64. The van der Waals surface area contributed by atoms with E-state index in [9.17, 15) is 19.7 Å². The van der Waals surface area contributed by atoms with Crippen molar-refractivity contribution in [2.75, 3.05) is 7.11 Å². The molecule has 1 unspecified atom stereocenters. The fourth-order valence-electron chi connectivity index (χ4n) is 1.69. The fraction of sp³-hybridized carbons (Fsp3) is 0.385. The SMILES string of the molecule is COc1cc([N+](=O)[O-])ccc1C(=O)NC(C)CCC(=O)O. The lowest BCUT2D eigenvalue weighted by molar-refractivity contribution is -0.384. The van der Waals surface area contributed by atoms with E-state index in [1.165, 1.54) is 19.2 Å². The number of nitrogens with one attached hydrogen (secondary N) is 1. The molecule has 0 fully saturated rings. The van der Waals surface area contributed by atoms with Crippen LogP contribution in [0.4, 0.5) is 5.69 Å². The number of amides is 1. The van der Waals surface area contributed by atoms with Crippen LogP contribution in [-0.4, -0.2) is 35.1 Å². The monoisotopic (exact) mass is 296 g/mol. The summed E-state index contributed by atoms with van der Waals surface area (Å²) in [6.07, 6.45) is 0.231. The lowest BCUT2D eigenvalue weighted by atomic mass is 10.1. The van der Waals surface area contributed by atoms with Crippen molar-refractivity contribution < 1.29 is 24.4 Å². The average Bonchev–Trinajstić information content (AvgIpc) is 2.44. The number of ether oxygens (including phenoxy) is 1. The zero-order valence-corrected chi connectivity index (χ0v) is 11.7. The van der Waals surface area contributed by atoms with Crippen molar-refractivity contribution in [2.45, 2.75) is 25.8 Å². The molecule has 0 heterocycles. The van der Waals surface area contributed by atoms with Crippen LogP contribution in [0.15, 0.2) is 18.2 Å². The third-order valence-corrected chi connectivity index (χ3v) is 2.81. The smallest absolute Gasteiger partial charge is 0.303 e. The third-order valence-electron chi connectivity index (χ3n) is 2.81. The lowest BCUT2D eigenvalue weighted by Crippen LogP contribution is -2.33. The van der Waals surface area contributed by atoms with Crippen LogP contribution in [0.3, 0.4) is 0 Å².